The van der Waals surface area contributed by atoms with Crippen molar-refractivity contribution in [3.05, 3.63) is 60.0 Å². The summed E-state index contributed by atoms with van der Waals surface area (Å²) >= 11 is 0. The van der Waals surface area contributed by atoms with Crippen LogP contribution in [0.2, 0.25) is 0 Å². The molecule has 3 aromatic rings. The van der Waals surface area contributed by atoms with Crippen molar-refractivity contribution in [3.8, 4) is 0 Å². The first kappa shape index (κ1) is 13.7. The van der Waals surface area contributed by atoms with Crippen LogP contribution in [0.1, 0.15) is 16.1 Å². The second kappa shape index (κ2) is 5.65. The van der Waals surface area contributed by atoms with Gasteiger partial charge in [-0.3, -0.25) is 0 Å². The first-order valence-electron chi connectivity index (χ1n) is 6.43. The Bertz CT molecular complexity index is 842. The number of aromatic nitrogens is 3. The highest BCUT2D eigenvalue weighted by atomic mass is 16.5. The van der Waals surface area contributed by atoms with E-state index in [-0.39, 0.29) is 17.9 Å². The second-order valence-electron chi connectivity index (χ2n) is 4.50. The first-order chi connectivity index (χ1) is 10.6. The van der Waals surface area contributed by atoms with Crippen LogP contribution in [0, 0.1) is 0 Å². The van der Waals surface area contributed by atoms with Gasteiger partial charge in [0.2, 0.25) is 0 Å². The van der Waals surface area contributed by atoms with Gasteiger partial charge in [0.15, 0.2) is 11.3 Å². The number of carbonyl (C=O) groups excluding carboxylic acids is 1. The van der Waals surface area contributed by atoms with Gasteiger partial charge in [-0.05, 0) is 17.7 Å². The van der Waals surface area contributed by atoms with E-state index in [0.717, 1.165) is 5.56 Å². The number of fused-ring (bicyclic) bond motifs is 1. The smallest absolute Gasteiger partial charge is 0.420 e. The lowest BCUT2D eigenvalue weighted by Crippen LogP contribution is -2.12. The van der Waals surface area contributed by atoms with Gasteiger partial charge in [-0.15, -0.1) is 0 Å². The molecule has 7 heteroatoms. The minimum atomic E-state index is -1.15. The van der Waals surface area contributed by atoms with E-state index in [9.17, 15) is 9.59 Å². The molecule has 0 bridgehead atoms. The highest BCUT2D eigenvalue weighted by Gasteiger charge is 2.14. The number of benzene rings is 1. The van der Waals surface area contributed by atoms with Crippen molar-refractivity contribution in [2.45, 2.75) is 6.61 Å². The number of rotatable bonds is 3. The van der Waals surface area contributed by atoms with E-state index >= 15 is 0 Å². The molecule has 110 valence electrons. The van der Waals surface area contributed by atoms with Gasteiger partial charge in [-0.1, -0.05) is 30.3 Å². The molecule has 0 amide bonds. The summed E-state index contributed by atoms with van der Waals surface area (Å²) < 4.78 is 6.39. The largest absolute Gasteiger partial charge is 0.477 e. The number of pyridine rings is 1. The molecule has 0 aliphatic carbocycles. The van der Waals surface area contributed by atoms with E-state index in [1.807, 2.05) is 30.3 Å². The van der Waals surface area contributed by atoms with Gasteiger partial charge in [0.1, 0.15) is 12.9 Å². The molecule has 1 N–H and O–H groups in total. The Morgan fingerprint density at radius 1 is 1.14 bits per heavy atom. The van der Waals surface area contributed by atoms with Crippen LogP contribution < -0.4 is 0 Å². The molecule has 2 aromatic heterocycles. The lowest BCUT2D eigenvalue weighted by molar-refractivity contribution is 0.0691. The summed E-state index contributed by atoms with van der Waals surface area (Å²) in [5, 5.41) is 8.88. The zero-order valence-electron chi connectivity index (χ0n) is 11.3. The number of carboxylic acid groups (broad SMARTS) is 1. The fourth-order valence-corrected chi connectivity index (χ4v) is 1.95. The molecule has 0 aliphatic heterocycles. The lowest BCUT2D eigenvalue weighted by Gasteiger charge is -2.05. The van der Waals surface area contributed by atoms with E-state index in [1.54, 1.807) is 0 Å². The molecule has 7 nitrogen and oxygen atoms in total. The van der Waals surface area contributed by atoms with Crippen molar-refractivity contribution in [1.29, 1.82) is 0 Å². The van der Waals surface area contributed by atoms with Crippen LogP contribution in [-0.4, -0.2) is 31.7 Å². The van der Waals surface area contributed by atoms with E-state index in [1.165, 1.54) is 23.0 Å². The molecule has 2 heterocycles. The molecule has 0 atom stereocenters. The highest BCUT2D eigenvalue weighted by Crippen LogP contribution is 2.12. The van der Waals surface area contributed by atoms with Crippen molar-refractivity contribution in [2.75, 3.05) is 0 Å². The van der Waals surface area contributed by atoms with Gasteiger partial charge in [-0.2, -0.15) is 0 Å². The quantitative estimate of drug-likeness (QED) is 0.797. The summed E-state index contributed by atoms with van der Waals surface area (Å²) in [6.07, 6.45) is 0.660. The van der Waals surface area contributed by atoms with Gasteiger partial charge >= 0.3 is 12.1 Å². The predicted octanol–water partition coefficient (Wildman–Crippen LogP) is 2.31. The number of carbonyl (C=O) groups is 2. The standard InChI is InChI=1S/C15H11N3O4/c19-14(20)11-6-7-12-13(17-11)16-9-18(12)15(21)22-8-10-4-2-1-3-5-10/h1-7,9H,8H2,(H,19,20). The van der Waals surface area contributed by atoms with Crippen LogP contribution in [0.15, 0.2) is 48.8 Å². The normalized spacial score (nSPS) is 10.5. The molecule has 0 fully saturated rings. The average Bonchev–Trinajstić information content (AvgIpc) is 2.96. The summed E-state index contributed by atoms with van der Waals surface area (Å²) in [5.74, 6) is -1.15. The molecule has 0 unspecified atom stereocenters. The van der Waals surface area contributed by atoms with Crippen molar-refractivity contribution in [1.82, 2.24) is 14.5 Å². The molecule has 1 aromatic carbocycles. The van der Waals surface area contributed by atoms with Crippen LogP contribution in [0.3, 0.4) is 0 Å². The predicted molar refractivity (Wildman–Crippen MR) is 76.5 cm³/mol. The molecule has 0 saturated heterocycles. The number of imidazole rings is 1. The van der Waals surface area contributed by atoms with Crippen molar-refractivity contribution in [3.63, 3.8) is 0 Å². The molecule has 0 saturated carbocycles. The van der Waals surface area contributed by atoms with Crippen LogP contribution in [0.4, 0.5) is 4.79 Å². The van der Waals surface area contributed by atoms with Gasteiger partial charge in [0.05, 0.1) is 5.52 Å². The fraction of sp³-hybridized carbons (Fsp3) is 0.0667. The van der Waals surface area contributed by atoms with Gasteiger partial charge in [-0.25, -0.2) is 24.1 Å². The molecular weight excluding hydrogens is 286 g/mol. The first-order valence-corrected chi connectivity index (χ1v) is 6.43. The summed E-state index contributed by atoms with van der Waals surface area (Å²) in [6.45, 7) is 0.139. The maximum atomic E-state index is 12.1. The maximum Gasteiger partial charge on any atom is 0.420 e. The Kier molecular flexibility index (Phi) is 3.53. The monoisotopic (exact) mass is 297 g/mol. The lowest BCUT2D eigenvalue weighted by atomic mass is 10.2. The van der Waals surface area contributed by atoms with Gasteiger partial charge in [0, 0.05) is 0 Å². The Morgan fingerprint density at radius 2 is 1.91 bits per heavy atom. The highest BCUT2D eigenvalue weighted by molar-refractivity contribution is 5.90. The third-order valence-electron chi connectivity index (χ3n) is 3.03. The summed E-state index contributed by atoms with van der Waals surface area (Å²) in [4.78, 5) is 30.7. The van der Waals surface area contributed by atoms with Crippen LogP contribution in [-0.2, 0) is 11.3 Å². The Morgan fingerprint density at radius 3 is 2.64 bits per heavy atom. The summed E-state index contributed by atoms with van der Waals surface area (Å²) in [7, 11) is 0. The van der Waals surface area contributed by atoms with Gasteiger partial charge in [0.25, 0.3) is 0 Å². The Balaban J connectivity index is 1.81. The number of hydrogen-bond acceptors (Lipinski definition) is 5. The maximum absolute atomic E-state index is 12.1. The minimum Gasteiger partial charge on any atom is -0.477 e. The van der Waals surface area contributed by atoms with Crippen LogP contribution in [0.25, 0.3) is 11.2 Å². The zero-order chi connectivity index (χ0) is 15.5. The molecule has 0 radical (unpaired) electrons. The number of ether oxygens (including phenoxy) is 1. The Labute approximate surface area is 124 Å². The van der Waals surface area contributed by atoms with Crippen molar-refractivity contribution in [2.24, 2.45) is 0 Å². The molecular formula is C15H11N3O4. The van der Waals surface area contributed by atoms with Gasteiger partial charge < -0.3 is 9.84 Å². The van der Waals surface area contributed by atoms with E-state index < -0.39 is 12.1 Å². The topological polar surface area (TPSA) is 94.3 Å². The minimum absolute atomic E-state index is 0.129. The molecule has 3 rings (SSSR count). The SMILES string of the molecule is O=C(O)c1ccc2c(ncn2C(=O)OCc2ccccc2)n1. The number of carboxylic acids is 1. The molecule has 0 aliphatic rings. The third-order valence-corrected chi connectivity index (χ3v) is 3.03. The van der Waals surface area contributed by atoms with E-state index in [2.05, 4.69) is 9.97 Å². The molecule has 22 heavy (non-hydrogen) atoms. The van der Waals surface area contributed by atoms with E-state index in [0.29, 0.717) is 5.52 Å². The number of nitrogens with zero attached hydrogens (tertiary/aromatic N) is 3. The van der Waals surface area contributed by atoms with Crippen LogP contribution >= 0.6 is 0 Å². The summed E-state index contributed by atoms with van der Waals surface area (Å²) in [6, 6.07) is 12.1. The zero-order valence-corrected chi connectivity index (χ0v) is 11.3. The third kappa shape index (κ3) is 2.64. The van der Waals surface area contributed by atoms with Crippen LogP contribution in [0.5, 0.6) is 0 Å². The molecule has 0 spiro atoms. The number of hydrogen-bond donors (Lipinski definition) is 1. The van der Waals surface area contributed by atoms with Crippen molar-refractivity contribution >= 4 is 23.2 Å². The van der Waals surface area contributed by atoms with E-state index in [4.69, 9.17) is 9.84 Å². The average molecular weight is 297 g/mol. The number of aromatic carboxylic acids is 1. The fourth-order valence-electron chi connectivity index (χ4n) is 1.95. The van der Waals surface area contributed by atoms with Crippen molar-refractivity contribution < 1.29 is 19.4 Å². The second-order valence-corrected chi connectivity index (χ2v) is 4.50. The summed E-state index contributed by atoms with van der Waals surface area (Å²) in [5.41, 5.74) is 1.31. The Hall–Kier alpha value is -3.22.